The first-order valence-electron chi connectivity index (χ1n) is 8.75. The van der Waals surface area contributed by atoms with E-state index in [4.69, 9.17) is 30.9 Å². The monoisotopic (exact) mass is 415 g/mol. The fourth-order valence-electron chi connectivity index (χ4n) is 2.34. The summed E-state index contributed by atoms with van der Waals surface area (Å²) in [7, 11) is 0. The molecule has 0 unspecified atom stereocenters. The minimum atomic E-state index is 0. The van der Waals surface area contributed by atoms with Gasteiger partial charge in [0.1, 0.15) is 6.61 Å². The second-order valence-corrected chi connectivity index (χ2v) is 6.08. The van der Waals surface area contributed by atoms with E-state index < -0.39 is 0 Å². The minimum Gasteiger partial charge on any atom is -0.490 e. The largest absolute Gasteiger partial charge is 0.490 e. The van der Waals surface area contributed by atoms with Gasteiger partial charge in [0.05, 0.1) is 26.4 Å². The van der Waals surface area contributed by atoms with Crippen molar-refractivity contribution in [2.75, 3.05) is 33.0 Å². The summed E-state index contributed by atoms with van der Waals surface area (Å²) in [5.74, 6) is 1.45. The first-order valence-corrected chi connectivity index (χ1v) is 9.13. The van der Waals surface area contributed by atoms with Crippen LogP contribution in [-0.2, 0) is 17.9 Å². The van der Waals surface area contributed by atoms with Gasteiger partial charge in [-0.15, -0.1) is 12.4 Å². The lowest BCUT2D eigenvalue weighted by molar-refractivity contribution is 0.0938. The van der Waals surface area contributed by atoms with Crippen LogP contribution in [0.15, 0.2) is 42.5 Å². The molecule has 27 heavy (non-hydrogen) atoms. The standard InChI is InChI=1S/C20H26ClNO4.ClH/c1-2-25-20-13-17(14-22-9-11-24-12-10-23)5-8-19(20)26-15-16-3-6-18(21)7-4-16;/h3-8,13,22-23H,2,9-12,14-15H2,1H3;1H. The maximum atomic E-state index is 8.66. The second kappa shape index (κ2) is 13.6. The highest BCUT2D eigenvalue weighted by molar-refractivity contribution is 6.30. The fourth-order valence-corrected chi connectivity index (χ4v) is 2.46. The molecule has 0 amide bonds. The van der Waals surface area contributed by atoms with Gasteiger partial charge in [-0.1, -0.05) is 29.8 Å². The van der Waals surface area contributed by atoms with Crippen LogP contribution in [0.4, 0.5) is 0 Å². The van der Waals surface area contributed by atoms with Gasteiger partial charge in [-0.05, 0) is 42.3 Å². The number of halogens is 2. The van der Waals surface area contributed by atoms with Crippen molar-refractivity contribution >= 4 is 24.0 Å². The normalized spacial score (nSPS) is 10.3. The highest BCUT2D eigenvalue weighted by Crippen LogP contribution is 2.29. The van der Waals surface area contributed by atoms with Crippen molar-refractivity contribution in [1.29, 1.82) is 0 Å². The van der Waals surface area contributed by atoms with Crippen LogP contribution in [0.5, 0.6) is 11.5 Å². The Bertz CT molecular complexity index is 653. The minimum absolute atomic E-state index is 0. The third kappa shape index (κ3) is 8.82. The summed E-state index contributed by atoms with van der Waals surface area (Å²) in [6.07, 6.45) is 0. The highest BCUT2D eigenvalue weighted by atomic mass is 35.5. The maximum Gasteiger partial charge on any atom is 0.161 e. The van der Waals surface area contributed by atoms with Crippen LogP contribution < -0.4 is 14.8 Å². The van der Waals surface area contributed by atoms with Gasteiger partial charge in [0.25, 0.3) is 0 Å². The van der Waals surface area contributed by atoms with E-state index in [-0.39, 0.29) is 19.0 Å². The summed E-state index contributed by atoms with van der Waals surface area (Å²) in [6, 6.07) is 13.5. The molecule has 0 heterocycles. The molecule has 7 heteroatoms. The van der Waals surface area contributed by atoms with Crippen LogP contribution in [0.25, 0.3) is 0 Å². The Morgan fingerprint density at radius 2 is 1.70 bits per heavy atom. The van der Waals surface area contributed by atoms with E-state index in [0.29, 0.717) is 38.0 Å². The Balaban J connectivity index is 0.00000364. The van der Waals surface area contributed by atoms with Crippen molar-refractivity contribution in [1.82, 2.24) is 5.32 Å². The zero-order valence-corrected chi connectivity index (χ0v) is 17.0. The molecule has 2 aromatic carbocycles. The maximum absolute atomic E-state index is 8.66. The van der Waals surface area contributed by atoms with E-state index in [1.807, 2.05) is 49.4 Å². The van der Waals surface area contributed by atoms with Crippen LogP contribution >= 0.6 is 24.0 Å². The Hall–Kier alpha value is -1.50. The van der Waals surface area contributed by atoms with Crippen LogP contribution in [-0.4, -0.2) is 38.1 Å². The Kier molecular flexibility index (Phi) is 11.9. The molecule has 0 spiro atoms. The van der Waals surface area contributed by atoms with Crippen molar-refractivity contribution in [2.24, 2.45) is 0 Å². The average Bonchev–Trinajstić information content (AvgIpc) is 2.65. The number of rotatable bonds is 12. The van der Waals surface area contributed by atoms with Crippen LogP contribution in [0.1, 0.15) is 18.1 Å². The summed E-state index contributed by atoms with van der Waals surface area (Å²) in [4.78, 5) is 0. The average molecular weight is 416 g/mol. The van der Waals surface area contributed by atoms with Gasteiger partial charge in [-0.3, -0.25) is 0 Å². The van der Waals surface area contributed by atoms with Gasteiger partial charge in [0.2, 0.25) is 0 Å². The lowest BCUT2D eigenvalue weighted by Crippen LogP contribution is -2.20. The molecule has 2 rings (SSSR count). The molecule has 0 aromatic heterocycles. The van der Waals surface area contributed by atoms with Gasteiger partial charge in [0, 0.05) is 18.1 Å². The number of nitrogens with one attached hydrogen (secondary N) is 1. The van der Waals surface area contributed by atoms with Crippen molar-refractivity contribution in [3.8, 4) is 11.5 Å². The lowest BCUT2D eigenvalue weighted by Gasteiger charge is -2.14. The fraction of sp³-hybridized carbons (Fsp3) is 0.400. The van der Waals surface area contributed by atoms with E-state index in [2.05, 4.69) is 5.32 Å². The smallest absolute Gasteiger partial charge is 0.161 e. The van der Waals surface area contributed by atoms with E-state index >= 15 is 0 Å². The number of hydrogen-bond donors (Lipinski definition) is 2. The molecule has 0 saturated heterocycles. The first kappa shape index (κ1) is 23.5. The Labute approximate surface area is 172 Å². The molecule has 0 bridgehead atoms. The SMILES string of the molecule is CCOc1cc(CNCCOCCO)ccc1OCc1ccc(Cl)cc1.Cl. The molecule has 0 fully saturated rings. The third-order valence-electron chi connectivity index (χ3n) is 3.60. The molecule has 0 saturated carbocycles. The number of hydrogen-bond acceptors (Lipinski definition) is 5. The van der Waals surface area contributed by atoms with Gasteiger partial charge >= 0.3 is 0 Å². The number of aliphatic hydroxyl groups is 1. The predicted molar refractivity (Wildman–Crippen MR) is 110 cm³/mol. The van der Waals surface area contributed by atoms with Crippen molar-refractivity contribution in [2.45, 2.75) is 20.1 Å². The molecule has 2 aromatic rings. The van der Waals surface area contributed by atoms with Crippen LogP contribution in [0.3, 0.4) is 0 Å². The van der Waals surface area contributed by atoms with Gasteiger partial charge < -0.3 is 24.6 Å². The molecule has 5 nitrogen and oxygen atoms in total. The quantitative estimate of drug-likeness (QED) is 0.515. The van der Waals surface area contributed by atoms with Crippen molar-refractivity contribution in [3.05, 3.63) is 58.6 Å². The van der Waals surface area contributed by atoms with Gasteiger partial charge in [0.15, 0.2) is 11.5 Å². The zero-order valence-electron chi connectivity index (χ0n) is 15.4. The molecular weight excluding hydrogens is 389 g/mol. The number of benzene rings is 2. The molecule has 2 N–H and O–H groups in total. The van der Waals surface area contributed by atoms with E-state index in [9.17, 15) is 0 Å². The van der Waals surface area contributed by atoms with Gasteiger partial charge in [-0.25, -0.2) is 0 Å². The third-order valence-corrected chi connectivity index (χ3v) is 3.86. The van der Waals surface area contributed by atoms with Crippen molar-refractivity contribution < 1.29 is 19.3 Å². The Morgan fingerprint density at radius 1 is 0.963 bits per heavy atom. The summed E-state index contributed by atoms with van der Waals surface area (Å²) in [6.45, 7) is 5.40. The molecule has 0 atom stereocenters. The molecule has 0 radical (unpaired) electrons. The van der Waals surface area contributed by atoms with Crippen LogP contribution in [0.2, 0.25) is 5.02 Å². The molecular formula is C20H27Cl2NO4. The Morgan fingerprint density at radius 3 is 2.41 bits per heavy atom. The molecule has 0 aliphatic carbocycles. The highest BCUT2D eigenvalue weighted by Gasteiger charge is 2.07. The summed E-state index contributed by atoms with van der Waals surface area (Å²) in [5, 5.41) is 12.7. The first-order chi connectivity index (χ1) is 12.7. The summed E-state index contributed by atoms with van der Waals surface area (Å²) < 4.78 is 16.8. The topological polar surface area (TPSA) is 60.0 Å². The summed E-state index contributed by atoms with van der Waals surface area (Å²) >= 11 is 5.90. The second-order valence-electron chi connectivity index (χ2n) is 5.64. The van der Waals surface area contributed by atoms with Crippen LogP contribution in [0, 0.1) is 0 Å². The number of ether oxygens (including phenoxy) is 3. The zero-order chi connectivity index (χ0) is 18.6. The number of aliphatic hydroxyl groups excluding tert-OH is 1. The van der Waals surface area contributed by atoms with E-state index in [0.717, 1.165) is 29.2 Å². The summed E-state index contributed by atoms with van der Waals surface area (Å²) in [5.41, 5.74) is 2.15. The van der Waals surface area contributed by atoms with E-state index in [1.54, 1.807) is 0 Å². The van der Waals surface area contributed by atoms with E-state index in [1.165, 1.54) is 0 Å². The molecule has 0 aliphatic heterocycles. The predicted octanol–water partition coefficient (Wildman–Crippen LogP) is 3.84. The lowest BCUT2D eigenvalue weighted by atomic mass is 10.2. The molecule has 0 aliphatic rings. The molecule has 150 valence electrons. The van der Waals surface area contributed by atoms with Gasteiger partial charge in [-0.2, -0.15) is 0 Å². The van der Waals surface area contributed by atoms with Crippen molar-refractivity contribution in [3.63, 3.8) is 0 Å².